The predicted molar refractivity (Wildman–Crippen MR) is 32.8 cm³/mol. The van der Waals surface area contributed by atoms with Crippen molar-refractivity contribution in [2.75, 3.05) is 0 Å². The Hall–Kier alpha value is -1.18. The molecule has 0 bridgehead atoms. The van der Waals surface area contributed by atoms with Crippen molar-refractivity contribution in [1.29, 1.82) is 0 Å². The molecule has 0 aromatic carbocycles. The molecule has 0 radical (unpaired) electrons. The highest BCUT2D eigenvalue weighted by atomic mass is 16.3. The normalized spacial score (nSPS) is 10.9. The van der Waals surface area contributed by atoms with Crippen LogP contribution in [0, 0.1) is 24.7 Å². The van der Waals surface area contributed by atoms with Gasteiger partial charge in [0.25, 0.3) is 0 Å². The van der Waals surface area contributed by atoms with Crippen LogP contribution >= 0.6 is 0 Å². The maximum absolute atomic E-state index is 8.65. The van der Waals surface area contributed by atoms with Crippen molar-refractivity contribution in [3.8, 4) is 24.7 Å². The molecule has 0 heterocycles. The molecule has 0 aliphatic rings. The van der Waals surface area contributed by atoms with E-state index in [0.29, 0.717) is 0 Å². The third-order valence-corrected chi connectivity index (χ3v) is 0.673. The fourth-order valence-corrected chi connectivity index (χ4v) is 0.180. The van der Waals surface area contributed by atoms with Crippen molar-refractivity contribution in [1.82, 2.24) is 0 Å². The lowest BCUT2D eigenvalue weighted by Crippen LogP contribution is -2.02. The van der Waals surface area contributed by atoms with Gasteiger partial charge in [0.15, 0.2) is 0 Å². The molecule has 8 heavy (non-hydrogen) atoms. The monoisotopic (exact) mass is 106 g/mol. The lowest BCUT2D eigenvalue weighted by atomic mass is 10.2. The molecule has 0 fully saturated rings. The van der Waals surface area contributed by atoms with Crippen LogP contribution in [0.15, 0.2) is 12.2 Å². The van der Waals surface area contributed by atoms with E-state index < -0.39 is 6.10 Å². The van der Waals surface area contributed by atoms with Gasteiger partial charge in [-0.05, 0) is 0 Å². The molecule has 0 saturated carbocycles. The van der Waals surface area contributed by atoms with Gasteiger partial charge in [0, 0.05) is 5.57 Å². The van der Waals surface area contributed by atoms with Gasteiger partial charge in [0.2, 0.25) is 0 Å². The van der Waals surface area contributed by atoms with Crippen molar-refractivity contribution in [2.24, 2.45) is 0 Å². The average Bonchev–Trinajstić information content (AvgIpc) is 1.84. The van der Waals surface area contributed by atoms with Crippen LogP contribution in [0.4, 0.5) is 0 Å². The summed E-state index contributed by atoms with van der Waals surface area (Å²) in [6.45, 7) is 3.32. The van der Waals surface area contributed by atoms with Crippen LogP contribution in [0.2, 0.25) is 0 Å². The standard InChI is InChI=1S/C7H6O/c1-4-6(3)7(8)5-2/h1-2,7-8H,3H2. The van der Waals surface area contributed by atoms with Gasteiger partial charge < -0.3 is 5.11 Å². The Morgan fingerprint density at radius 1 is 1.62 bits per heavy atom. The average molecular weight is 106 g/mol. The third kappa shape index (κ3) is 1.51. The summed E-state index contributed by atoms with van der Waals surface area (Å²) in [7, 11) is 0. The smallest absolute Gasteiger partial charge is 0.147 e. The summed E-state index contributed by atoms with van der Waals surface area (Å²) >= 11 is 0. The first-order valence-corrected chi connectivity index (χ1v) is 2.02. The highest BCUT2D eigenvalue weighted by Crippen LogP contribution is 1.92. The van der Waals surface area contributed by atoms with Crippen LogP contribution in [-0.2, 0) is 0 Å². The largest absolute Gasteiger partial charge is 0.375 e. The SMILES string of the molecule is C#CC(=C)C(O)C#C. The van der Waals surface area contributed by atoms with Crippen molar-refractivity contribution in [2.45, 2.75) is 6.10 Å². The molecule has 0 rings (SSSR count). The molecule has 0 spiro atoms. The van der Waals surface area contributed by atoms with E-state index in [2.05, 4.69) is 12.5 Å². The second-order valence-corrected chi connectivity index (χ2v) is 1.24. The van der Waals surface area contributed by atoms with Crippen LogP contribution in [-0.4, -0.2) is 11.2 Å². The Bertz CT molecular complexity index is 166. The van der Waals surface area contributed by atoms with Crippen molar-refractivity contribution < 1.29 is 5.11 Å². The topological polar surface area (TPSA) is 20.2 Å². The number of rotatable bonds is 1. The number of terminal acetylenes is 2. The molecule has 0 aliphatic carbocycles. The lowest BCUT2D eigenvalue weighted by Gasteiger charge is -1.95. The van der Waals surface area contributed by atoms with E-state index in [-0.39, 0.29) is 5.57 Å². The van der Waals surface area contributed by atoms with E-state index in [4.69, 9.17) is 18.0 Å². The van der Waals surface area contributed by atoms with Gasteiger partial charge in [-0.1, -0.05) is 18.4 Å². The quantitative estimate of drug-likeness (QED) is 0.472. The molecule has 0 aromatic heterocycles. The van der Waals surface area contributed by atoms with E-state index in [1.165, 1.54) is 0 Å². The van der Waals surface area contributed by atoms with Gasteiger partial charge in [-0.2, -0.15) is 0 Å². The molecule has 0 aliphatic heterocycles. The van der Waals surface area contributed by atoms with Crippen LogP contribution in [0.5, 0.6) is 0 Å². The lowest BCUT2D eigenvalue weighted by molar-refractivity contribution is 0.274. The number of hydrogen-bond acceptors (Lipinski definition) is 1. The number of hydrogen-bond donors (Lipinski definition) is 1. The highest BCUT2D eigenvalue weighted by Gasteiger charge is 1.97. The van der Waals surface area contributed by atoms with Crippen molar-refractivity contribution in [3.05, 3.63) is 12.2 Å². The Morgan fingerprint density at radius 3 is 2.25 bits per heavy atom. The Kier molecular flexibility index (Phi) is 2.48. The first kappa shape index (κ1) is 6.82. The summed E-state index contributed by atoms with van der Waals surface area (Å²) in [5, 5.41) is 8.65. The molecule has 1 nitrogen and oxygen atoms in total. The third-order valence-electron chi connectivity index (χ3n) is 0.673. The van der Waals surface area contributed by atoms with E-state index >= 15 is 0 Å². The molecule has 1 atom stereocenters. The maximum Gasteiger partial charge on any atom is 0.147 e. The van der Waals surface area contributed by atoms with E-state index in [1.807, 2.05) is 5.92 Å². The minimum Gasteiger partial charge on any atom is -0.375 e. The van der Waals surface area contributed by atoms with Gasteiger partial charge in [-0.15, -0.1) is 12.8 Å². The molecular weight excluding hydrogens is 100 g/mol. The minimum atomic E-state index is -0.986. The fraction of sp³-hybridized carbons (Fsp3) is 0.143. The summed E-state index contributed by atoms with van der Waals surface area (Å²) in [5.41, 5.74) is 0.229. The van der Waals surface area contributed by atoms with Crippen LogP contribution in [0.1, 0.15) is 0 Å². The number of aliphatic hydroxyl groups is 1. The van der Waals surface area contributed by atoms with Gasteiger partial charge in [0.1, 0.15) is 6.10 Å². The van der Waals surface area contributed by atoms with Gasteiger partial charge in [-0.3, -0.25) is 0 Å². The molecular formula is C7H6O. The zero-order valence-corrected chi connectivity index (χ0v) is 4.39. The van der Waals surface area contributed by atoms with Crippen LogP contribution in [0.3, 0.4) is 0 Å². The van der Waals surface area contributed by atoms with E-state index in [0.717, 1.165) is 0 Å². The summed E-state index contributed by atoms with van der Waals surface area (Å²) in [5.74, 6) is 4.16. The summed E-state index contributed by atoms with van der Waals surface area (Å²) in [6.07, 6.45) is 8.65. The zero-order chi connectivity index (χ0) is 6.57. The van der Waals surface area contributed by atoms with Crippen LogP contribution in [0.25, 0.3) is 0 Å². The Labute approximate surface area is 49.0 Å². The van der Waals surface area contributed by atoms with Gasteiger partial charge in [-0.25, -0.2) is 0 Å². The second kappa shape index (κ2) is 2.91. The molecule has 1 heteroatoms. The Morgan fingerprint density at radius 2 is 2.12 bits per heavy atom. The first-order valence-electron chi connectivity index (χ1n) is 2.02. The molecule has 0 aromatic rings. The van der Waals surface area contributed by atoms with Crippen LogP contribution < -0.4 is 0 Å². The maximum atomic E-state index is 8.65. The Balaban J connectivity index is 3.93. The molecule has 0 saturated heterocycles. The van der Waals surface area contributed by atoms with E-state index in [9.17, 15) is 0 Å². The molecule has 0 amide bonds. The van der Waals surface area contributed by atoms with Gasteiger partial charge >= 0.3 is 0 Å². The molecule has 40 valence electrons. The fourth-order valence-electron chi connectivity index (χ4n) is 0.180. The number of aliphatic hydroxyl groups excluding tert-OH is 1. The minimum absolute atomic E-state index is 0.229. The van der Waals surface area contributed by atoms with E-state index in [1.54, 1.807) is 0 Å². The molecule has 1 unspecified atom stereocenters. The van der Waals surface area contributed by atoms with Crippen molar-refractivity contribution in [3.63, 3.8) is 0 Å². The molecule has 1 N–H and O–H groups in total. The zero-order valence-electron chi connectivity index (χ0n) is 4.39. The summed E-state index contributed by atoms with van der Waals surface area (Å²) < 4.78 is 0. The predicted octanol–water partition coefficient (Wildman–Crippen LogP) is 0.170. The second-order valence-electron chi connectivity index (χ2n) is 1.24. The van der Waals surface area contributed by atoms with Crippen molar-refractivity contribution >= 4 is 0 Å². The first-order chi connectivity index (χ1) is 3.72. The van der Waals surface area contributed by atoms with Gasteiger partial charge in [0.05, 0.1) is 0 Å². The highest BCUT2D eigenvalue weighted by molar-refractivity contribution is 5.31. The summed E-state index contributed by atoms with van der Waals surface area (Å²) in [4.78, 5) is 0. The summed E-state index contributed by atoms with van der Waals surface area (Å²) in [6, 6.07) is 0.